The van der Waals surface area contributed by atoms with Gasteiger partial charge in [0.15, 0.2) is 5.65 Å². The van der Waals surface area contributed by atoms with Gasteiger partial charge >= 0.3 is 0 Å². The van der Waals surface area contributed by atoms with Gasteiger partial charge in [-0.25, -0.2) is 9.97 Å². The molecule has 2 N–H and O–H groups in total. The third-order valence-corrected chi connectivity index (χ3v) is 6.51. The van der Waals surface area contributed by atoms with Gasteiger partial charge in [-0.15, -0.1) is 0 Å². The lowest BCUT2D eigenvalue weighted by Crippen LogP contribution is -2.40. The zero-order chi connectivity index (χ0) is 23.7. The van der Waals surface area contributed by atoms with E-state index in [2.05, 4.69) is 40.4 Å². The van der Waals surface area contributed by atoms with E-state index in [9.17, 15) is 4.79 Å². The summed E-state index contributed by atoms with van der Waals surface area (Å²) in [5.41, 5.74) is 2.96. The van der Waals surface area contributed by atoms with Gasteiger partial charge in [0, 0.05) is 39.7 Å². The molecule has 3 aromatic rings. The number of aromatic nitrogens is 5. The lowest BCUT2D eigenvalue weighted by Gasteiger charge is -2.20. The van der Waals surface area contributed by atoms with Crippen LogP contribution < -0.4 is 10.6 Å². The van der Waals surface area contributed by atoms with Gasteiger partial charge in [0.2, 0.25) is 0 Å². The van der Waals surface area contributed by atoms with E-state index in [4.69, 9.17) is 9.72 Å². The van der Waals surface area contributed by atoms with Gasteiger partial charge in [-0.2, -0.15) is 5.10 Å². The second-order valence-corrected chi connectivity index (χ2v) is 16.0. The minimum Gasteiger partial charge on any atom is -0.361 e. The summed E-state index contributed by atoms with van der Waals surface area (Å²) in [6.45, 7) is 15.7. The van der Waals surface area contributed by atoms with Crippen LogP contribution in [0.15, 0.2) is 18.6 Å². The van der Waals surface area contributed by atoms with Crippen molar-refractivity contribution in [2.24, 2.45) is 7.05 Å². The normalized spacial score (nSPS) is 12.4. The number of hydrogen-bond donors (Lipinski definition) is 2. The van der Waals surface area contributed by atoms with Crippen LogP contribution >= 0.6 is 0 Å². The number of ether oxygens (including phenoxy) is 1. The molecule has 0 fully saturated rings. The Morgan fingerprint density at radius 1 is 1.22 bits per heavy atom. The van der Waals surface area contributed by atoms with Gasteiger partial charge in [0.25, 0.3) is 5.91 Å². The molecule has 10 heteroatoms. The smallest absolute Gasteiger partial charge is 0.255 e. The first kappa shape index (κ1) is 23.9. The molecule has 0 unspecified atom stereocenters. The van der Waals surface area contributed by atoms with Crippen LogP contribution in [0.4, 0.5) is 11.5 Å². The highest BCUT2D eigenvalue weighted by Crippen LogP contribution is 2.23. The number of carbonyl (C=O) groups is 1. The number of nitrogens with one attached hydrogen (secondary N) is 2. The minimum atomic E-state index is -1.18. The number of hydrogen-bond acceptors (Lipinski definition) is 6. The van der Waals surface area contributed by atoms with Gasteiger partial charge in [-0.3, -0.25) is 9.48 Å². The van der Waals surface area contributed by atoms with Crippen LogP contribution in [-0.4, -0.2) is 50.4 Å². The molecule has 0 aliphatic rings. The predicted octanol–water partition coefficient (Wildman–Crippen LogP) is 4.06. The Labute approximate surface area is 190 Å². The molecule has 3 aromatic heterocycles. The van der Waals surface area contributed by atoms with E-state index in [1.54, 1.807) is 17.1 Å². The van der Waals surface area contributed by atoms with Crippen LogP contribution in [0.5, 0.6) is 0 Å². The van der Waals surface area contributed by atoms with Crippen molar-refractivity contribution in [2.75, 3.05) is 11.9 Å². The molecule has 0 radical (unpaired) electrons. The highest BCUT2D eigenvalue weighted by molar-refractivity contribution is 6.76. The molecule has 0 atom stereocenters. The molecule has 3 heterocycles. The molecule has 0 aliphatic heterocycles. The molecule has 0 saturated carbocycles. The summed E-state index contributed by atoms with van der Waals surface area (Å²) >= 11 is 0. The van der Waals surface area contributed by atoms with Crippen molar-refractivity contribution >= 4 is 36.7 Å². The quantitative estimate of drug-likeness (QED) is 0.391. The number of amides is 1. The SMILES string of the molecule is Cc1nn(C)cc1Nc1cnc2c(n1)c(C(=O)NC(C)(C)C)cn2COCC[Si](C)(C)C. The first-order valence-electron chi connectivity index (χ1n) is 10.9. The summed E-state index contributed by atoms with van der Waals surface area (Å²) in [5, 5.41) is 10.6. The summed E-state index contributed by atoms with van der Waals surface area (Å²) in [4.78, 5) is 22.3. The van der Waals surface area contributed by atoms with Crippen LogP contribution in [0.3, 0.4) is 0 Å². The summed E-state index contributed by atoms with van der Waals surface area (Å²) in [7, 11) is 0.688. The Morgan fingerprint density at radius 2 is 1.94 bits per heavy atom. The molecule has 0 aromatic carbocycles. The van der Waals surface area contributed by atoms with Gasteiger partial charge < -0.3 is 19.9 Å². The minimum absolute atomic E-state index is 0.188. The maximum atomic E-state index is 13.0. The fourth-order valence-corrected chi connectivity index (χ4v) is 3.94. The van der Waals surface area contributed by atoms with E-state index in [0.717, 1.165) is 17.4 Å². The van der Waals surface area contributed by atoms with Crippen molar-refractivity contribution in [1.29, 1.82) is 0 Å². The molecule has 32 heavy (non-hydrogen) atoms. The molecule has 0 spiro atoms. The predicted molar refractivity (Wildman–Crippen MR) is 130 cm³/mol. The third kappa shape index (κ3) is 6.16. The summed E-state index contributed by atoms with van der Waals surface area (Å²) < 4.78 is 9.50. The van der Waals surface area contributed by atoms with Crippen LogP contribution in [0.2, 0.25) is 25.7 Å². The Kier molecular flexibility index (Phi) is 6.75. The molecule has 0 aliphatic carbocycles. The molecular formula is C22H35N7O2Si. The highest BCUT2D eigenvalue weighted by atomic mass is 28.3. The lowest BCUT2D eigenvalue weighted by molar-refractivity contribution is 0.0886. The van der Waals surface area contributed by atoms with Crippen LogP contribution in [-0.2, 0) is 18.5 Å². The monoisotopic (exact) mass is 457 g/mol. The second kappa shape index (κ2) is 9.03. The van der Waals surface area contributed by atoms with Crippen LogP contribution in [0.1, 0.15) is 36.8 Å². The van der Waals surface area contributed by atoms with Gasteiger partial charge in [-0.05, 0) is 33.7 Å². The third-order valence-electron chi connectivity index (χ3n) is 4.80. The summed E-state index contributed by atoms with van der Waals surface area (Å²) in [5.74, 6) is 0.364. The Bertz CT molecular complexity index is 1110. The fourth-order valence-electron chi connectivity index (χ4n) is 3.19. The van der Waals surface area contributed by atoms with Gasteiger partial charge in [0.1, 0.15) is 18.1 Å². The topological polar surface area (TPSA) is 98.9 Å². The number of nitrogens with zero attached hydrogens (tertiary/aromatic N) is 5. The largest absolute Gasteiger partial charge is 0.361 e. The average molecular weight is 458 g/mol. The van der Waals surface area contributed by atoms with Crippen molar-refractivity contribution in [3.63, 3.8) is 0 Å². The highest BCUT2D eigenvalue weighted by Gasteiger charge is 2.22. The zero-order valence-electron chi connectivity index (χ0n) is 20.4. The maximum absolute atomic E-state index is 13.0. The first-order chi connectivity index (χ1) is 14.8. The Hall–Kier alpha value is -2.72. The number of carbonyl (C=O) groups excluding carboxylic acids is 1. The molecule has 0 bridgehead atoms. The number of aryl methyl sites for hydroxylation is 2. The molecule has 0 saturated heterocycles. The molecular weight excluding hydrogens is 422 g/mol. The average Bonchev–Trinajstić information content (AvgIpc) is 3.16. The maximum Gasteiger partial charge on any atom is 0.255 e. The first-order valence-corrected chi connectivity index (χ1v) is 14.6. The van der Waals surface area contributed by atoms with Gasteiger partial charge in [-0.1, -0.05) is 19.6 Å². The Balaban J connectivity index is 1.92. The number of rotatable bonds is 8. The fraction of sp³-hybridized carbons (Fsp3) is 0.545. The second-order valence-electron chi connectivity index (χ2n) is 10.4. The molecule has 3 rings (SSSR count). The number of fused-ring (bicyclic) bond motifs is 1. The van der Waals surface area contributed by atoms with E-state index in [1.165, 1.54) is 0 Å². The van der Waals surface area contributed by atoms with Crippen LogP contribution in [0, 0.1) is 6.92 Å². The van der Waals surface area contributed by atoms with Crippen molar-refractivity contribution in [3.05, 3.63) is 29.8 Å². The molecule has 174 valence electrons. The van der Waals surface area contributed by atoms with Crippen LogP contribution in [0.25, 0.3) is 11.2 Å². The Morgan fingerprint density at radius 3 is 2.53 bits per heavy atom. The van der Waals surface area contributed by atoms with E-state index in [1.807, 2.05) is 45.5 Å². The molecule has 9 nitrogen and oxygen atoms in total. The zero-order valence-corrected chi connectivity index (χ0v) is 21.4. The summed E-state index contributed by atoms with van der Waals surface area (Å²) in [6, 6.07) is 1.08. The van der Waals surface area contributed by atoms with E-state index in [-0.39, 0.29) is 11.4 Å². The lowest BCUT2D eigenvalue weighted by atomic mass is 10.1. The van der Waals surface area contributed by atoms with E-state index >= 15 is 0 Å². The summed E-state index contributed by atoms with van der Waals surface area (Å²) in [6.07, 6.45) is 5.32. The van der Waals surface area contributed by atoms with E-state index in [0.29, 0.717) is 35.9 Å². The van der Waals surface area contributed by atoms with Crippen molar-refractivity contribution in [2.45, 2.75) is 65.6 Å². The standard InChI is InChI=1S/C22H35N7O2Si/c1-15-17(13-28(5)27-15)24-18-11-23-20-19(25-18)16(21(30)26-22(2,3)4)12-29(20)14-31-9-10-32(6,7)8/h11-13H,9-10,14H2,1-8H3,(H,24,25)(H,26,30). The molecule has 1 amide bonds. The van der Waals surface area contributed by atoms with Gasteiger partial charge in [0.05, 0.1) is 23.1 Å². The van der Waals surface area contributed by atoms with Crippen molar-refractivity contribution < 1.29 is 9.53 Å². The van der Waals surface area contributed by atoms with Crippen molar-refractivity contribution in [3.8, 4) is 0 Å². The van der Waals surface area contributed by atoms with Crippen molar-refractivity contribution in [1.82, 2.24) is 29.6 Å². The number of anilines is 2. The van der Waals surface area contributed by atoms with E-state index < -0.39 is 8.07 Å².